The summed E-state index contributed by atoms with van der Waals surface area (Å²) < 4.78 is 0. The highest BCUT2D eigenvalue weighted by atomic mass is 16.3. The van der Waals surface area contributed by atoms with Gasteiger partial charge in [-0.15, -0.1) is 0 Å². The van der Waals surface area contributed by atoms with E-state index in [1.807, 2.05) is 0 Å². The Morgan fingerprint density at radius 3 is 2.26 bits per heavy atom. The number of carbonyl (C=O) groups excluding carboxylic acids is 6. The number of phenols is 1. The van der Waals surface area contributed by atoms with Crippen LogP contribution in [0.3, 0.4) is 0 Å². The first-order chi connectivity index (χ1) is 19.9. The number of benzene rings is 2. The number of aromatic hydroxyl groups is 1. The number of fused-ring (bicyclic) bond motifs is 3. The van der Waals surface area contributed by atoms with Crippen LogP contribution < -0.4 is 5.73 Å². The van der Waals surface area contributed by atoms with Gasteiger partial charge in [-0.3, -0.25) is 33.7 Å². The molecule has 3 aliphatic carbocycles. The number of Topliss-reactive ketones (excluding diaryl/α,β-unsaturated/α-hetero) is 5. The Bertz CT molecular complexity index is 1640. The summed E-state index contributed by atoms with van der Waals surface area (Å²) in [5.74, 6) is -9.52. The summed E-state index contributed by atoms with van der Waals surface area (Å²) in [7, 11) is 3.09. The Morgan fingerprint density at radius 1 is 1.02 bits per heavy atom. The van der Waals surface area contributed by atoms with E-state index in [2.05, 4.69) is 0 Å². The van der Waals surface area contributed by atoms with Crippen LogP contribution in [0.25, 0.3) is 11.1 Å². The van der Waals surface area contributed by atoms with Gasteiger partial charge in [-0.05, 0) is 61.2 Å². The fraction of sp³-hybridized carbons (Fsp3) is 0.455. The maximum atomic E-state index is 14.4. The molecule has 10 nitrogen and oxygen atoms in total. The highest BCUT2D eigenvalue weighted by molar-refractivity contribution is 6.33. The highest BCUT2D eigenvalue weighted by Crippen LogP contribution is 2.62. The minimum absolute atomic E-state index is 0.0571. The first-order valence-corrected chi connectivity index (χ1v) is 14.3. The summed E-state index contributed by atoms with van der Waals surface area (Å²) in [6, 6.07) is 8.71. The fourth-order valence-corrected chi connectivity index (χ4v) is 8.16. The topological polar surface area (TPSA) is 172 Å². The van der Waals surface area contributed by atoms with Crippen LogP contribution in [-0.4, -0.2) is 75.7 Å². The van der Waals surface area contributed by atoms with Gasteiger partial charge < -0.3 is 15.9 Å². The van der Waals surface area contributed by atoms with Crippen molar-refractivity contribution in [1.29, 1.82) is 0 Å². The molecule has 2 aromatic carbocycles. The van der Waals surface area contributed by atoms with Crippen molar-refractivity contribution in [2.75, 3.05) is 14.1 Å². The van der Waals surface area contributed by atoms with Crippen molar-refractivity contribution in [3.8, 4) is 16.9 Å². The molecule has 0 spiro atoms. The van der Waals surface area contributed by atoms with E-state index in [9.17, 15) is 39.0 Å². The summed E-state index contributed by atoms with van der Waals surface area (Å²) in [4.78, 5) is 82.3. The maximum absolute atomic E-state index is 14.4. The predicted molar refractivity (Wildman–Crippen MR) is 155 cm³/mol. The summed E-state index contributed by atoms with van der Waals surface area (Å²) >= 11 is 0. The Labute approximate surface area is 249 Å². The average molecular weight is 589 g/mol. The fourth-order valence-electron chi connectivity index (χ4n) is 8.16. The molecule has 0 bridgehead atoms. The lowest BCUT2D eigenvalue weighted by Gasteiger charge is -2.61. The second-order valence-corrected chi connectivity index (χ2v) is 13.4. The van der Waals surface area contributed by atoms with Gasteiger partial charge in [-0.25, -0.2) is 0 Å². The van der Waals surface area contributed by atoms with Gasteiger partial charge in [0.1, 0.15) is 5.75 Å². The zero-order valence-electron chi connectivity index (χ0n) is 25.1. The average Bonchev–Trinajstić information content (AvgIpc) is 2.90. The molecule has 10 heteroatoms. The van der Waals surface area contributed by atoms with Crippen LogP contribution in [0.5, 0.6) is 5.75 Å². The van der Waals surface area contributed by atoms with Crippen LogP contribution in [0.4, 0.5) is 0 Å². The number of ketones is 5. The minimum Gasteiger partial charge on any atom is -0.507 e. The minimum atomic E-state index is -2.86. The van der Waals surface area contributed by atoms with Crippen molar-refractivity contribution in [2.24, 2.45) is 34.3 Å². The van der Waals surface area contributed by atoms with Crippen molar-refractivity contribution in [3.63, 3.8) is 0 Å². The van der Waals surface area contributed by atoms with Crippen LogP contribution >= 0.6 is 0 Å². The molecular formula is C33H36N2O8. The van der Waals surface area contributed by atoms with Crippen LogP contribution in [0.2, 0.25) is 0 Å². The molecule has 0 aliphatic heterocycles. The molecule has 0 radical (unpaired) electrons. The van der Waals surface area contributed by atoms with E-state index in [0.29, 0.717) is 22.3 Å². The number of likely N-dealkylation sites (N-methyl/N-ethyl adjacent to an activating group) is 1. The van der Waals surface area contributed by atoms with Crippen LogP contribution in [0, 0.1) is 28.6 Å². The monoisotopic (exact) mass is 588 g/mol. The third kappa shape index (κ3) is 3.99. The normalized spacial score (nSPS) is 32.0. The van der Waals surface area contributed by atoms with Gasteiger partial charge in [-0.1, -0.05) is 52.0 Å². The van der Waals surface area contributed by atoms with E-state index >= 15 is 0 Å². The first kappa shape index (κ1) is 30.4. The third-order valence-electron chi connectivity index (χ3n) is 9.85. The van der Waals surface area contributed by atoms with Crippen molar-refractivity contribution in [1.82, 2.24) is 4.90 Å². The van der Waals surface area contributed by atoms with Gasteiger partial charge in [0, 0.05) is 16.9 Å². The highest BCUT2D eigenvalue weighted by Gasteiger charge is 2.76. The molecule has 5 rings (SSSR count). The summed E-state index contributed by atoms with van der Waals surface area (Å²) in [5, 5.41) is 23.0. The standard InChI is InChI=1S/C33H36N2O8/c1-15(2)24(37)17-9-7-8-16(12-17)18-10-11-20(36)21-19(18)13-31(3)14-32(4)27(35(5)6)26(39)22(30(34)42)28(40)33(32,43)29(41)23(31)25(21)38/h7-12,15,22-23,27,36,43H,13-14H2,1-6H3,(H2,34,42)/t22?,23?,27-,31+,32+,33-/m1/s1. The molecule has 2 unspecified atom stereocenters. The van der Waals surface area contributed by atoms with Crippen molar-refractivity contribution in [2.45, 2.75) is 52.2 Å². The predicted octanol–water partition coefficient (Wildman–Crippen LogP) is 2.15. The van der Waals surface area contributed by atoms with Crippen molar-refractivity contribution >= 4 is 34.8 Å². The molecule has 0 aromatic heterocycles. The third-order valence-corrected chi connectivity index (χ3v) is 9.85. The van der Waals surface area contributed by atoms with Crippen LogP contribution in [0.15, 0.2) is 36.4 Å². The van der Waals surface area contributed by atoms with E-state index in [-0.39, 0.29) is 35.9 Å². The number of carbonyl (C=O) groups is 6. The van der Waals surface area contributed by atoms with E-state index in [4.69, 9.17) is 5.73 Å². The lowest BCUT2D eigenvalue weighted by Crippen LogP contribution is -2.79. The zero-order chi connectivity index (χ0) is 32.0. The second kappa shape index (κ2) is 9.75. The van der Waals surface area contributed by atoms with Gasteiger partial charge in [0.2, 0.25) is 5.91 Å². The molecule has 6 atom stereocenters. The Kier molecular flexibility index (Phi) is 6.90. The van der Waals surface area contributed by atoms with Crippen molar-refractivity contribution < 1.29 is 39.0 Å². The van der Waals surface area contributed by atoms with E-state index in [1.54, 1.807) is 65.2 Å². The van der Waals surface area contributed by atoms with Gasteiger partial charge in [0.25, 0.3) is 0 Å². The number of phenolic OH excluding ortho intramolecular Hbond substituents is 1. The maximum Gasteiger partial charge on any atom is 0.235 e. The summed E-state index contributed by atoms with van der Waals surface area (Å²) in [6.45, 7) is 6.77. The van der Waals surface area contributed by atoms with Gasteiger partial charge in [0.05, 0.1) is 17.5 Å². The number of nitrogens with zero attached hydrogens (tertiary/aromatic N) is 1. The smallest absolute Gasteiger partial charge is 0.235 e. The summed E-state index contributed by atoms with van der Waals surface area (Å²) in [6.07, 6.45) is -0.0190. The van der Waals surface area contributed by atoms with E-state index in [0.717, 1.165) is 0 Å². The molecule has 0 saturated heterocycles. The number of nitrogens with two attached hydrogens (primary N) is 1. The molecule has 1 amide bonds. The molecule has 2 aromatic rings. The second-order valence-electron chi connectivity index (χ2n) is 13.4. The van der Waals surface area contributed by atoms with E-state index in [1.165, 1.54) is 17.9 Å². The summed E-state index contributed by atoms with van der Waals surface area (Å²) in [5.41, 5.74) is 1.75. The molecule has 2 saturated carbocycles. The Hall–Kier alpha value is -4.02. The van der Waals surface area contributed by atoms with E-state index < -0.39 is 63.3 Å². The molecule has 3 aliphatic rings. The number of rotatable bonds is 5. The molecule has 226 valence electrons. The van der Waals surface area contributed by atoms with Crippen molar-refractivity contribution in [3.05, 3.63) is 53.1 Å². The molecule has 43 heavy (non-hydrogen) atoms. The zero-order valence-corrected chi connectivity index (χ0v) is 25.1. The lowest BCUT2D eigenvalue weighted by molar-refractivity contribution is -0.203. The van der Waals surface area contributed by atoms with Crippen LogP contribution in [-0.2, 0) is 25.6 Å². The quantitative estimate of drug-likeness (QED) is 0.350. The molecular weight excluding hydrogens is 552 g/mol. The number of hydrogen-bond donors (Lipinski definition) is 3. The lowest BCUT2D eigenvalue weighted by atomic mass is 9.42. The number of hydrogen-bond acceptors (Lipinski definition) is 9. The van der Waals surface area contributed by atoms with Gasteiger partial charge in [0.15, 0.2) is 40.4 Å². The Morgan fingerprint density at radius 2 is 1.67 bits per heavy atom. The SMILES string of the molecule is CC(C)C(=O)c1cccc(-c2ccc(O)c3c2C[C@@]2(C)C[C@@]4(C)[C@H](N(C)C)C(=O)C(C(N)=O)C(=O)[C@@]4(O)C(=O)C2C3=O)c1. The molecule has 0 heterocycles. The first-order valence-electron chi connectivity index (χ1n) is 14.3. The largest absolute Gasteiger partial charge is 0.507 e. The Balaban J connectivity index is 1.72. The van der Waals surface area contributed by atoms with Crippen LogP contribution in [0.1, 0.15) is 60.4 Å². The molecule has 2 fully saturated rings. The number of aliphatic hydroxyl groups is 1. The van der Waals surface area contributed by atoms with Gasteiger partial charge in [-0.2, -0.15) is 0 Å². The molecule has 4 N–H and O–H groups in total. The van der Waals surface area contributed by atoms with Gasteiger partial charge >= 0.3 is 0 Å². The number of amides is 1. The number of primary amides is 1.